The number of benzene rings is 1. The molecule has 1 fully saturated rings. The second-order valence-electron chi connectivity index (χ2n) is 5.62. The van der Waals surface area contributed by atoms with Gasteiger partial charge in [-0.3, -0.25) is 4.79 Å². The topological polar surface area (TPSA) is 41.6 Å². The number of nitrogens with zero attached hydrogens (tertiary/aromatic N) is 1. The Morgan fingerprint density at radius 1 is 1.52 bits per heavy atom. The monoisotopic (exact) mass is 290 g/mol. The van der Waals surface area contributed by atoms with E-state index in [4.69, 9.17) is 4.74 Å². The average molecular weight is 290 g/mol. The van der Waals surface area contributed by atoms with Gasteiger partial charge < -0.3 is 15.0 Å². The van der Waals surface area contributed by atoms with Crippen molar-refractivity contribution in [2.45, 2.75) is 32.7 Å². The zero-order valence-electron chi connectivity index (χ0n) is 13.3. The van der Waals surface area contributed by atoms with Crippen LogP contribution < -0.4 is 10.1 Å². The summed E-state index contributed by atoms with van der Waals surface area (Å²) in [4.78, 5) is 14.7. The van der Waals surface area contributed by atoms with Crippen molar-refractivity contribution in [2.24, 2.45) is 5.92 Å². The maximum Gasteiger partial charge on any atom is 0.227 e. The van der Waals surface area contributed by atoms with Crippen molar-refractivity contribution in [3.05, 3.63) is 29.8 Å². The Hall–Kier alpha value is -1.55. The predicted octanol–water partition coefficient (Wildman–Crippen LogP) is 2.60. The minimum absolute atomic E-state index is 0.0690. The number of hydrogen-bond acceptors (Lipinski definition) is 3. The summed E-state index contributed by atoms with van der Waals surface area (Å²) in [6.07, 6.45) is 2.08. The van der Waals surface area contributed by atoms with Gasteiger partial charge in [-0.2, -0.15) is 0 Å². The normalized spacial score (nSPS) is 19.9. The molecule has 0 saturated carbocycles. The molecule has 1 aliphatic heterocycles. The first-order valence-electron chi connectivity index (χ1n) is 7.82. The highest BCUT2D eigenvalue weighted by Crippen LogP contribution is 2.26. The minimum Gasteiger partial charge on any atom is -0.497 e. The number of piperidine rings is 1. The first-order valence-corrected chi connectivity index (χ1v) is 7.82. The number of carbonyl (C=O) groups is 1. The number of amides is 1. The molecule has 1 aromatic rings. The molecule has 21 heavy (non-hydrogen) atoms. The van der Waals surface area contributed by atoms with Crippen LogP contribution in [0.5, 0.6) is 5.75 Å². The lowest BCUT2D eigenvalue weighted by Gasteiger charge is -2.33. The van der Waals surface area contributed by atoms with E-state index in [0.29, 0.717) is 0 Å². The van der Waals surface area contributed by atoms with Crippen molar-refractivity contribution < 1.29 is 9.53 Å². The smallest absolute Gasteiger partial charge is 0.227 e. The predicted molar refractivity (Wildman–Crippen MR) is 84.4 cm³/mol. The molecular formula is C17H26N2O2. The zero-order chi connectivity index (χ0) is 15.2. The summed E-state index contributed by atoms with van der Waals surface area (Å²) < 4.78 is 5.28. The Labute approximate surface area is 127 Å². The molecule has 1 aromatic carbocycles. The Morgan fingerprint density at radius 2 is 2.33 bits per heavy atom. The van der Waals surface area contributed by atoms with E-state index in [1.807, 2.05) is 30.0 Å². The molecule has 0 radical (unpaired) electrons. The summed E-state index contributed by atoms with van der Waals surface area (Å²) in [6, 6.07) is 8.05. The van der Waals surface area contributed by atoms with E-state index in [2.05, 4.69) is 18.3 Å². The Bertz CT molecular complexity index is 470. The molecule has 4 nitrogen and oxygen atoms in total. The fraction of sp³-hybridized carbons (Fsp3) is 0.588. The average Bonchev–Trinajstić information content (AvgIpc) is 2.56. The van der Waals surface area contributed by atoms with Crippen molar-refractivity contribution in [3.8, 4) is 5.75 Å². The molecule has 0 spiro atoms. The lowest BCUT2D eigenvalue weighted by molar-refractivity contribution is -0.138. The van der Waals surface area contributed by atoms with Crippen LogP contribution >= 0.6 is 0 Å². The lowest BCUT2D eigenvalue weighted by atomic mass is 9.96. The molecular weight excluding hydrogens is 264 g/mol. The second-order valence-corrected chi connectivity index (χ2v) is 5.62. The van der Waals surface area contributed by atoms with Crippen molar-refractivity contribution in [1.29, 1.82) is 0 Å². The fourth-order valence-electron chi connectivity index (χ4n) is 3.00. The van der Waals surface area contributed by atoms with E-state index < -0.39 is 0 Å². The molecule has 116 valence electrons. The highest BCUT2D eigenvalue weighted by Gasteiger charge is 2.28. The molecule has 0 aliphatic carbocycles. The largest absolute Gasteiger partial charge is 0.497 e. The van der Waals surface area contributed by atoms with Gasteiger partial charge in [0.25, 0.3) is 0 Å². The van der Waals surface area contributed by atoms with E-state index in [-0.39, 0.29) is 17.9 Å². The quantitative estimate of drug-likeness (QED) is 0.906. The molecule has 0 aromatic heterocycles. The van der Waals surface area contributed by atoms with Crippen molar-refractivity contribution in [1.82, 2.24) is 10.2 Å². The SMILES string of the molecule is CCN(C(=O)C1CCCNC1)C(C)c1cccc(OC)c1. The third kappa shape index (κ3) is 3.76. The molecule has 2 atom stereocenters. The van der Waals surface area contributed by atoms with Crippen LogP contribution in [0.1, 0.15) is 38.3 Å². The standard InChI is InChI=1S/C17H26N2O2/c1-4-19(17(20)15-8-6-10-18-12-15)13(2)14-7-5-9-16(11-14)21-3/h5,7,9,11,13,15,18H,4,6,8,10,12H2,1-3H3. The van der Waals surface area contributed by atoms with Crippen molar-refractivity contribution in [2.75, 3.05) is 26.7 Å². The summed E-state index contributed by atoms with van der Waals surface area (Å²) in [5.41, 5.74) is 1.12. The fourth-order valence-corrected chi connectivity index (χ4v) is 3.00. The van der Waals surface area contributed by atoms with Crippen LogP contribution in [-0.2, 0) is 4.79 Å². The summed E-state index contributed by atoms with van der Waals surface area (Å²) in [5, 5.41) is 3.32. The third-order valence-electron chi connectivity index (χ3n) is 4.31. The molecule has 1 N–H and O–H groups in total. The van der Waals surface area contributed by atoms with Gasteiger partial charge in [-0.25, -0.2) is 0 Å². The first-order chi connectivity index (χ1) is 10.2. The van der Waals surface area contributed by atoms with E-state index in [0.717, 1.165) is 43.8 Å². The maximum absolute atomic E-state index is 12.8. The third-order valence-corrected chi connectivity index (χ3v) is 4.31. The molecule has 1 saturated heterocycles. The van der Waals surface area contributed by atoms with Gasteiger partial charge in [-0.1, -0.05) is 12.1 Å². The molecule has 1 heterocycles. The van der Waals surface area contributed by atoms with Crippen molar-refractivity contribution >= 4 is 5.91 Å². The Kier molecular flexibility index (Phi) is 5.62. The van der Waals surface area contributed by atoms with Crippen LogP contribution in [-0.4, -0.2) is 37.6 Å². The van der Waals surface area contributed by atoms with Crippen LogP contribution in [0.2, 0.25) is 0 Å². The second kappa shape index (κ2) is 7.46. The molecule has 2 unspecified atom stereocenters. The number of rotatable bonds is 5. The van der Waals surface area contributed by atoms with E-state index in [9.17, 15) is 4.79 Å². The van der Waals surface area contributed by atoms with E-state index >= 15 is 0 Å². The number of hydrogen-bond donors (Lipinski definition) is 1. The van der Waals surface area contributed by atoms with Crippen LogP contribution in [0.4, 0.5) is 0 Å². The van der Waals surface area contributed by atoms with Crippen molar-refractivity contribution in [3.63, 3.8) is 0 Å². The van der Waals surface area contributed by atoms with Crippen LogP contribution in [0.25, 0.3) is 0 Å². The zero-order valence-corrected chi connectivity index (χ0v) is 13.3. The minimum atomic E-state index is 0.0690. The maximum atomic E-state index is 12.8. The van der Waals surface area contributed by atoms with Gasteiger partial charge >= 0.3 is 0 Å². The Morgan fingerprint density at radius 3 is 2.95 bits per heavy atom. The van der Waals surface area contributed by atoms with Gasteiger partial charge in [0.2, 0.25) is 5.91 Å². The number of methoxy groups -OCH3 is 1. The molecule has 2 rings (SSSR count). The van der Waals surface area contributed by atoms with Gasteiger partial charge in [0.1, 0.15) is 5.75 Å². The van der Waals surface area contributed by atoms with Gasteiger partial charge in [-0.15, -0.1) is 0 Å². The number of carbonyl (C=O) groups excluding carboxylic acids is 1. The molecule has 1 aliphatic rings. The highest BCUT2D eigenvalue weighted by atomic mass is 16.5. The van der Waals surface area contributed by atoms with Crippen LogP contribution in [0.15, 0.2) is 24.3 Å². The van der Waals surface area contributed by atoms with Gasteiger partial charge in [0, 0.05) is 13.1 Å². The number of ether oxygens (including phenoxy) is 1. The molecule has 4 heteroatoms. The van der Waals surface area contributed by atoms with Gasteiger partial charge in [0.15, 0.2) is 0 Å². The van der Waals surface area contributed by atoms with E-state index in [1.54, 1.807) is 7.11 Å². The highest BCUT2D eigenvalue weighted by molar-refractivity contribution is 5.79. The van der Waals surface area contributed by atoms with Crippen LogP contribution in [0, 0.1) is 5.92 Å². The van der Waals surface area contributed by atoms with Crippen LogP contribution in [0.3, 0.4) is 0 Å². The summed E-state index contributed by atoms with van der Waals surface area (Å²) in [5.74, 6) is 1.22. The summed E-state index contributed by atoms with van der Waals surface area (Å²) >= 11 is 0. The van der Waals surface area contributed by atoms with Gasteiger partial charge in [-0.05, 0) is 50.9 Å². The summed E-state index contributed by atoms with van der Waals surface area (Å²) in [6.45, 7) is 6.70. The Balaban J connectivity index is 2.13. The van der Waals surface area contributed by atoms with E-state index in [1.165, 1.54) is 0 Å². The summed E-state index contributed by atoms with van der Waals surface area (Å²) in [7, 11) is 1.67. The first kappa shape index (κ1) is 15.8. The lowest BCUT2D eigenvalue weighted by Crippen LogP contribution is -2.43. The van der Waals surface area contributed by atoms with Gasteiger partial charge in [0.05, 0.1) is 19.1 Å². The molecule has 1 amide bonds. The molecule has 0 bridgehead atoms. The number of nitrogens with one attached hydrogen (secondary N) is 1.